The van der Waals surface area contributed by atoms with Gasteiger partial charge in [-0.3, -0.25) is 14.4 Å². The monoisotopic (exact) mass is 529 g/mol. The topological polar surface area (TPSA) is 128 Å². The van der Waals surface area contributed by atoms with E-state index in [2.05, 4.69) is 20.5 Å². The molecule has 0 aliphatic carbocycles. The molecule has 202 valence electrons. The molecule has 2 aliphatic heterocycles. The van der Waals surface area contributed by atoms with Crippen LogP contribution in [0.4, 0.5) is 11.4 Å². The van der Waals surface area contributed by atoms with Gasteiger partial charge in [0.2, 0.25) is 11.8 Å². The number of carbonyl (C=O) groups excluding carboxylic acids is 3. The van der Waals surface area contributed by atoms with Gasteiger partial charge in [0.1, 0.15) is 17.5 Å². The average molecular weight is 530 g/mol. The summed E-state index contributed by atoms with van der Waals surface area (Å²) in [7, 11) is 1.50. The second-order valence-electron chi connectivity index (χ2n) is 10.6. The average Bonchev–Trinajstić information content (AvgIpc) is 3.61. The summed E-state index contributed by atoms with van der Waals surface area (Å²) < 4.78 is 5.39. The lowest BCUT2D eigenvalue weighted by molar-refractivity contribution is -0.135. The standard InChI is InChI=1S/C29H31N5O5/c1-16(2)9-24(32-26(36)23-12-19-22(31-23)10-17(30-3)11-25(19)39-4)27(37)34-15-29(13-18(34)14-35)20-7-5-6-8-21(20)33-28(29)38/h5-8,10-12,16,18,24,31,35H,9,13-15H2,1-2,4H3,(H,32,36)(H,33,38)/t18-,24-,29-/m0/s1. The maximum Gasteiger partial charge on any atom is 0.268 e. The van der Waals surface area contributed by atoms with Crippen LogP contribution in [-0.2, 0) is 15.0 Å². The van der Waals surface area contributed by atoms with E-state index in [9.17, 15) is 19.5 Å². The molecule has 39 heavy (non-hydrogen) atoms. The van der Waals surface area contributed by atoms with Crippen LogP contribution in [0.2, 0.25) is 0 Å². The van der Waals surface area contributed by atoms with Crippen molar-refractivity contribution in [1.29, 1.82) is 0 Å². The molecule has 0 bridgehead atoms. The minimum Gasteiger partial charge on any atom is -0.497 e. The van der Waals surface area contributed by atoms with E-state index in [4.69, 9.17) is 11.3 Å². The molecule has 3 aromatic rings. The molecule has 0 radical (unpaired) electrons. The number of hydrogen-bond donors (Lipinski definition) is 4. The van der Waals surface area contributed by atoms with Gasteiger partial charge in [0.05, 0.1) is 31.7 Å². The number of nitrogens with one attached hydrogen (secondary N) is 3. The lowest BCUT2D eigenvalue weighted by Crippen LogP contribution is -2.52. The van der Waals surface area contributed by atoms with Crippen LogP contribution < -0.4 is 15.4 Å². The van der Waals surface area contributed by atoms with Crippen molar-refractivity contribution < 1.29 is 24.2 Å². The van der Waals surface area contributed by atoms with Gasteiger partial charge < -0.3 is 30.4 Å². The Morgan fingerprint density at radius 2 is 2.05 bits per heavy atom. The van der Waals surface area contributed by atoms with Crippen molar-refractivity contribution in [3.8, 4) is 5.75 Å². The number of nitrogens with zero attached hydrogens (tertiary/aromatic N) is 2. The number of amides is 3. The number of aliphatic hydroxyl groups excluding tert-OH is 1. The van der Waals surface area contributed by atoms with E-state index in [-0.39, 0.29) is 36.6 Å². The summed E-state index contributed by atoms with van der Waals surface area (Å²) in [5, 5.41) is 16.7. The van der Waals surface area contributed by atoms with Crippen molar-refractivity contribution in [2.24, 2.45) is 5.92 Å². The van der Waals surface area contributed by atoms with Crippen LogP contribution in [0.15, 0.2) is 42.5 Å². The van der Waals surface area contributed by atoms with Crippen molar-refractivity contribution >= 4 is 40.0 Å². The largest absolute Gasteiger partial charge is 0.497 e. The summed E-state index contributed by atoms with van der Waals surface area (Å²) in [6.45, 7) is 11.0. The summed E-state index contributed by atoms with van der Waals surface area (Å²) >= 11 is 0. The molecular weight excluding hydrogens is 498 g/mol. The molecule has 1 fully saturated rings. The van der Waals surface area contributed by atoms with E-state index in [1.807, 2.05) is 38.1 Å². The first kappa shape index (κ1) is 26.3. The minimum atomic E-state index is -0.944. The molecular formula is C29H31N5O5. The number of ether oxygens (including phenoxy) is 1. The lowest BCUT2D eigenvalue weighted by atomic mass is 9.79. The maximum atomic E-state index is 13.9. The summed E-state index contributed by atoms with van der Waals surface area (Å²) in [5.41, 5.74) is 1.77. The molecule has 1 spiro atoms. The Labute approximate surface area is 226 Å². The summed E-state index contributed by atoms with van der Waals surface area (Å²) in [6, 6.07) is 10.9. The highest BCUT2D eigenvalue weighted by molar-refractivity contribution is 6.07. The van der Waals surface area contributed by atoms with Crippen LogP contribution in [0.5, 0.6) is 5.75 Å². The summed E-state index contributed by atoms with van der Waals surface area (Å²) in [5.74, 6) is -0.452. The Bertz CT molecular complexity index is 1510. The van der Waals surface area contributed by atoms with Crippen molar-refractivity contribution in [2.45, 2.75) is 44.2 Å². The molecule has 0 unspecified atom stereocenters. The third kappa shape index (κ3) is 4.49. The highest BCUT2D eigenvalue weighted by Gasteiger charge is 2.56. The fraction of sp³-hybridized carbons (Fsp3) is 0.379. The van der Waals surface area contributed by atoms with E-state index in [1.54, 1.807) is 23.1 Å². The Hall–Kier alpha value is -4.36. The van der Waals surface area contributed by atoms with Crippen molar-refractivity contribution in [3.63, 3.8) is 0 Å². The first-order valence-electron chi connectivity index (χ1n) is 12.9. The first-order valence-corrected chi connectivity index (χ1v) is 12.9. The van der Waals surface area contributed by atoms with Crippen LogP contribution in [-0.4, -0.2) is 65.1 Å². The Morgan fingerprint density at radius 3 is 2.74 bits per heavy atom. The fourth-order valence-corrected chi connectivity index (χ4v) is 5.83. The van der Waals surface area contributed by atoms with Crippen LogP contribution in [0.25, 0.3) is 15.7 Å². The molecule has 0 saturated carbocycles. The van der Waals surface area contributed by atoms with Gasteiger partial charge in [0, 0.05) is 23.1 Å². The summed E-state index contributed by atoms with van der Waals surface area (Å²) in [4.78, 5) is 48.5. The van der Waals surface area contributed by atoms with Gasteiger partial charge in [0.15, 0.2) is 5.69 Å². The van der Waals surface area contributed by atoms with Crippen molar-refractivity contribution in [2.75, 3.05) is 25.6 Å². The number of benzene rings is 2. The zero-order valence-electron chi connectivity index (χ0n) is 22.1. The molecule has 5 rings (SSSR count). The number of para-hydroxylation sites is 1. The zero-order valence-corrected chi connectivity index (χ0v) is 22.1. The molecule has 2 aromatic carbocycles. The SMILES string of the molecule is [C-]#[N+]c1cc(OC)c2cc(C(=O)N[C@@H](CC(C)C)C(=O)N3C[C@]4(C[C@H]3CO)C(=O)Nc3ccccc34)[nH]c2c1. The molecule has 10 heteroatoms. The third-order valence-electron chi connectivity index (χ3n) is 7.67. The lowest BCUT2D eigenvalue weighted by Gasteiger charge is -2.29. The van der Waals surface area contributed by atoms with Crippen LogP contribution in [0.1, 0.15) is 42.7 Å². The number of hydrogen-bond acceptors (Lipinski definition) is 5. The van der Waals surface area contributed by atoms with Gasteiger partial charge >= 0.3 is 0 Å². The van der Waals surface area contributed by atoms with Crippen molar-refractivity contribution in [3.05, 3.63) is 65.1 Å². The fourth-order valence-electron chi connectivity index (χ4n) is 5.83. The van der Waals surface area contributed by atoms with E-state index in [1.165, 1.54) is 7.11 Å². The Balaban J connectivity index is 1.42. The quantitative estimate of drug-likeness (QED) is 0.349. The number of methoxy groups -OCH3 is 1. The van der Waals surface area contributed by atoms with E-state index in [0.29, 0.717) is 35.2 Å². The van der Waals surface area contributed by atoms with Gasteiger partial charge in [-0.1, -0.05) is 32.0 Å². The van der Waals surface area contributed by atoms with Gasteiger partial charge in [-0.15, -0.1) is 0 Å². The van der Waals surface area contributed by atoms with E-state index < -0.39 is 23.4 Å². The van der Waals surface area contributed by atoms with Gasteiger partial charge in [-0.25, -0.2) is 4.85 Å². The molecule has 3 atom stereocenters. The van der Waals surface area contributed by atoms with Gasteiger partial charge in [-0.05, 0) is 48.6 Å². The predicted molar refractivity (Wildman–Crippen MR) is 146 cm³/mol. The number of fused-ring (bicyclic) bond motifs is 3. The molecule has 4 N–H and O–H groups in total. The highest BCUT2D eigenvalue weighted by atomic mass is 16.5. The van der Waals surface area contributed by atoms with E-state index >= 15 is 0 Å². The predicted octanol–water partition coefficient (Wildman–Crippen LogP) is 3.36. The first-order chi connectivity index (χ1) is 18.7. The summed E-state index contributed by atoms with van der Waals surface area (Å²) in [6.07, 6.45) is 0.673. The normalized spacial score (nSPS) is 20.7. The van der Waals surface area contributed by atoms with E-state index in [0.717, 1.165) is 11.3 Å². The smallest absolute Gasteiger partial charge is 0.268 e. The van der Waals surface area contributed by atoms with Crippen LogP contribution in [0, 0.1) is 12.5 Å². The minimum absolute atomic E-state index is 0.0860. The number of anilines is 1. The number of aromatic amines is 1. The zero-order chi connectivity index (χ0) is 27.9. The number of rotatable bonds is 7. The maximum absolute atomic E-state index is 13.9. The second kappa shape index (κ2) is 10.1. The highest BCUT2D eigenvalue weighted by Crippen LogP contribution is 2.46. The Morgan fingerprint density at radius 1 is 1.28 bits per heavy atom. The van der Waals surface area contributed by atoms with Crippen LogP contribution in [0.3, 0.4) is 0 Å². The molecule has 10 nitrogen and oxygen atoms in total. The second-order valence-corrected chi connectivity index (χ2v) is 10.6. The Kier molecular flexibility index (Phi) is 6.78. The molecule has 1 saturated heterocycles. The van der Waals surface area contributed by atoms with Gasteiger partial charge in [-0.2, -0.15) is 0 Å². The molecule has 3 heterocycles. The number of aromatic nitrogens is 1. The number of H-pyrrole nitrogens is 1. The molecule has 2 aliphatic rings. The third-order valence-corrected chi connectivity index (χ3v) is 7.67. The number of likely N-dealkylation sites (tertiary alicyclic amines) is 1. The molecule has 3 amide bonds. The number of carbonyl (C=O) groups is 3. The van der Waals surface area contributed by atoms with Gasteiger partial charge in [0.25, 0.3) is 5.91 Å². The van der Waals surface area contributed by atoms with Crippen molar-refractivity contribution in [1.82, 2.24) is 15.2 Å². The molecule has 1 aromatic heterocycles. The number of aliphatic hydroxyl groups is 1. The van der Waals surface area contributed by atoms with Crippen LogP contribution >= 0.6 is 0 Å².